The van der Waals surface area contributed by atoms with Crippen molar-refractivity contribution in [2.75, 3.05) is 0 Å². The lowest BCUT2D eigenvalue weighted by Gasteiger charge is -1.94. The second-order valence-electron chi connectivity index (χ2n) is 4.50. The Hall–Kier alpha value is -3.00. The Morgan fingerprint density at radius 2 is 1.27 bits per heavy atom. The van der Waals surface area contributed by atoms with E-state index >= 15 is 0 Å². The van der Waals surface area contributed by atoms with Gasteiger partial charge in [-0.3, -0.25) is 9.78 Å². The molecule has 2 aromatic carbocycles. The molecular weight excluding hydrogens is 270 g/mol. The van der Waals surface area contributed by atoms with E-state index in [-0.39, 0.29) is 5.78 Å². The molecule has 0 radical (unpaired) electrons. The van der Waals surface area contributed by atoms with Gasteiger partial charge in [0.2, 0.25) is 0 Å². The van der Waals surface area contributed by atoms with Gasteiger partial charge in [0.25, 0.3) is 0 Å². The summed E-state index contributed by atoms with van der Waals surface area (Å²) in [5.41, 5.74) is 1.75. The summed E-state index contributed by atoms with van der Waals surface area (Å²) in [6, 6.07) is 24.8. The first-order valence-electron chi connectivity index (χ1n) is 7.04. The summed E-state index contributed by atoms with van der Waals surface area (Å²) in [6.45, 7) is 0. The molecule has 0 fully saturated rings. The smallest absolute Gasteiger partial charge is 0.185 e. The first-order chi connectivity index (χ1) is 10.9. The summed E-state index contributed by atoms with van der Waals surface area (Å²) in [5, 5.41) is 0. The van der Waals surface area contributed by atoms with Gasteiger partial charge in [-0.15, -0.1) is 0 Å². The first-order valence-corrected chi connectivity index (χ1v) is 7.04. The second kappa shape index (κ2) is 9.03. The summed E-state index contributed by atoms with van der Waals surface area (Å²) >= 11 is 0. The number of benzene rings is 2. The van der Waals surface area contributed by atoms with Crippen molar-refractivity contribution >= 4 is 11.9 Å². The Labute approximate surface area is 130 Å². The third-order valence-corrected chi connectivity index (χ3v) is 2.85. The maximum absolute atomic E-state index is 11.7. The van der Waals surface area contributed by atoms with Crippen LogP contribution in [-0.2, 0) is 0 Å². The third-order valence-electron chi connectivity index (χ3n) is 2.85. The lowest BCUT2D eigenvalue weighted by Crippen LogP contribution is -1.92. The van der Waals surface area contributed by atoms with Crippen LogP contribution in [-0.4, -0.2) is 10.8 Å². The Balaban J connectivity index is 0.000000246. The molecule has 0 aliphatic carbocycles. The van der Waals surface area contributed by atoms with Crippen LogP contribution in [0.4, 0.5) is 0 Å². The monoisotopic (exact) mass is 287 g/mol. The number of rotatable bonds is 3. The minimum absolute atomic E-state index is 0.0319. The molecule has 1 aromatic heterocycles. The molecular formula is C20H17NO. The van der Waals surface area contributed by atoms with Crippen LogP contribution in [0.3, 0.4) is 0 Å². The highest BCUT2D eigenvalue weighted by Crippen LogP contribution is 2.05. The molecule has 0 saturated carbocycles. The second-order valence-corrected chi connectivity index (χ2v) is 4.50. The summed E-state index contributed by atoms with van der Waals surface area (Å²) in [5.74, 6) is 0.0319. The zero-order chi connectivity index (χ0) is 15.5. The van der Waals surface area contributed by atoms with Gasteiger partial charge in [0.05, 0.1) is 0 Å². The van der Waals surface area contributed by atoms with E-state index < -0.39 is 0 Å². The van der Waals surface area contributed by atoms with Crippen molar-refractivity contribution in [3.63, 3.8) is 0 Å². The number of pyridine rings is 1. The number of carbonyl (C=O) groups excluding carboxylic acids is 1. The highest BCUT2D eigenvalue weighted by atomic mass is 16.1. The number of allylic oxidation sites excluding steroid dienone is 1. The Kier molecular flexibility index (Phi) is 6.32. The van der Waals surface area contributed by atoms with Crippen LogP contribution in [0.25, 0.3) is 6.08 Å². The molecule has 0 unspecified atom stereocenters. The SMILES string of the molecule is O=C(C=Cc1ccccc1)c1ccccc1.c1ccncc1. The highest BCUT2D eigenvalue weighted by molar-refractivity contribution is 6.06. The van der Waals surface area contributed by atoms with Crippen molar-refractivity contribution in [3.8, 4) is 0 Å². The van der Waals surface area contributed by atoms with Gasteiger partial charge < -0.3 is 0 Å². The molecule has 0 spiro atoms. The molecule has 0 saturated heterocycles. The molecule has 0 atom stereocenters. The molecule has 0 aliphatic rings. The van der Waals surface area contributed by atoms with Gasteiger partial charge in [-0.2, -0.15) is 0 Å². The topological polar surface area (TPSA) is 30.0 Å². The molecule has 0 bridgehead atoms. The largest absolute Gasteiger partial charge is 0.289 e. The van der Waals surface area contributed by atoms with Crippen molar-refractivity contribution < 1.29 is 4.79 Å². The number of nitrogens with zero attached hydrogens (tertiary/aromatic N) is 1. The molecule has 3 rings (SSSR count). The number of ketones is 1. The lowest BCUT2D eigenvalue weighted by molar-refractivity contribution is 0.104. The molecule has 1 heterocycles. The van der Waals surface area contributed by atoms with E-state index in [0.717, 1.165) is 11.1 Å². The molecule has 2 heteroatoms. The van der Waals surface area contributed by atoms with Crippen molar-refractivity contribution in [1.29, 1.82) is 0 Å². The molecule has 2 nitrogen and oxygen atoms in total. The normalized spacial score (nSPS) is 9.82. The third kappa shape index (κ3) is 5.55. The minimum atomic E-state index is 0.0319. The zero-order valence-electron chi connectivity index (χ0n) is 12.2. The van der Waals surface area contributed by atoms with Crippen molar-refractivity contribution in [3.05, 3.63) is 108 Å². The van der Waals surface area contributed by atoms with Gasteiger partial charge in [-0.1, -0.05) is 72.8 Å². The predicted octanol–water partition coefficient (Wildman–Crippen LogP) is 4.66. The number of aromatic nitrogens is 1. The van der Waals surface area contributed by atoms with Gasteiger partial charge in [0.1, 0.15) is 0 Å². The molecule has 0 N–H and O–H groups in total. The van der Waals surface area contributed by atoms with Crippen molar-refractivity contribution in [2.45, 2.75) is 0 Å². The number of carbonyl (C=O) groups is 1. The Morgan fingerprint density at radius 1 is 0.727 bits per heavy atom. The fourth-order valence-corrected chi connectivity index (χ4v) is 1.75. The molecule has 3 aromatic rings. The number of hydrogen-bond donors (Lipinski definition) is 0. The van der Waals surface area contributed by atoms with Gasteiger partial charge in [-0.05, 0) is 23.8 Å². The van der Waals surface area contributed by atoms with Crippen LogP contribution < -0.4 is 0 Å². The minimum Gasteiger partial charge on any atom is -0.289 e. The fourth-order valence-electron chi connectivity index (χ4n) is 1.75. The average molecular weight is 287 g/mol. The molecule has 0 amide bonds. The quantitative estimate of drug-likeness (QED) is 0.518. The van der Waals surface area contributed by atoms with E-state index in [4.69, 9.17) is 0 Å². The van der Waals surface area contributed by atoms with Crippen molar-refractivity contribution in [2.24, 2.45) is 0 Å². The fraction of sp³-hybridized carbons (Fsp3) is 0. The number of hydrogen-bond acceptors (Lipinski definition) is 2. The van der Waals surface area contributed by atoms with Crippen LogP contribution in [0.1, 0.15) is 15.9 Å². The van der Waals surface area contributed by atoms with E-state index in [2.05, 4.69) is 4.98 Å². The van der Waals surface area contributed by atoms with E-state index in [1.54, 1.807) is 18.5 Å². The average Bonchev–Trinajstić information content (AvgIpc) is 2.63. The maximum Gasteiger partial charge on any atom is 0.185 e. The van der Waals surface area contributed by atoms with Gasteiger partial charge in [0, 0.05) is 18.0 Å². The summed E-state index contributed by atoms with van der Waals surface area (Å²) in [7, 11) is 0. The van der Waals surface area contributed by atoms with Crippen LogP contribution in [0.15, 0.2) is 97.3 Å². The first kappa shape index (κ1) is 15.4. The molecule has 108 valence electrons. The van der Waals surface area contributed by atoms with E-state index in [9.17, 15) is 4.79 Å². The van der Waals surface area contributed by atoms with E-state index in [0.29, 0.717) is 0 Å². The zero-order valence-corrected chi connectivity index (χ0v) is 12.2. The van der Waals surface area contributed by atoms with E-state index in [1.165, 1.54) is 0 Å². The Morgan fingerprint density at radius 3 is 1.77 bits per heavy atom. The van der Waals surface area contributed by atoms with Gasteiger partial charge in [-0.25, -0.2) is 0 Å². The van der Waals surface area contributed by atoms with Gasteiger partial charge in [0.15, 0.2) is 5.78 Å². The summed E-state index contributed by atoms with van der Waals surface area (Å²) in [6.07, 6.45) is 6.93. The van der Waals surface area contributed by atoms with Crippen LogP contribution in [0, 0.1) is 0 Å². The summed E-state index contributed by atoms with van der Waals surface area (Å²) < 4.78 is 0. The maximum atomic E-state index is 11.7. The molecule has 0 aliphatic heterocycles. The Bertz CT molecular complexity index is 665. The van der Waals surface area contributed by atoms with Crippen LogP contribution >= 0.6 is 0 Å². The summed E-state index contributed by atoms with van der Waals surface area (Å²) in [4.78, 5) is 15.5. The lowest BCUT2D eigenvalue weighted by atomic mass is 10.1. The highest BCUT2D eigenvalue weighted by Gasteiger charge is 1.98. The van der Waals surface area contributed by atoms with Gasteiger partial charge >= 0.3 is 0 Å². The van der Waals surface area contributed by atoms with E-state index in [1.807, 2.05) is 84.9 Å². The molecule has 22 heavy (non-hydrogen) atoms. The predicted molar refractivity (Wildman–Crippen MR) is 90.5 cm³/mol. The standard InChI is InChI=1S/C15H12O.C5H5N/c16-15(14-9-5-2-6-10-14)12-11-13-7-3-1-4-8-13;1-2-4-6-5-3-1/h1-12H;1-5H. The van der Waals surface area contributed by atoms with Crippen molar-refractivity contribution in [1.82, 2.24) is 4.98 Å². The van der Waals surface area contributed by atoms with Crippen LogP contribution in [0.2, 0.25) is 0 Å². The van der Waals surface area contributed by atoms with Crippen LogP contribution in [0.5, 0.6) is 0 Å².